The zero-order valence-corrected chi connectivity index (χ0v) is 15.1. The first-order valence-electron chi connectivity index (χ1n) is 8.45. The number of pyridine rings is 1. The fourth-order valence-electron chi connectivity index (χ4n) is 3.42. The Labute approximate surface area is 146 Å². The van der Waals surface area contributed by atoms with Gasteiger partial charge in [0.2, 0.25) is 5.56 Å². The number of carbonyl (C=O) groups excluding carboxylic acids is 1. The van der Waals surface area contributed by atoms with E-state index in [0.29, 0.717) is 18.7 Å². The minimum Gasteiger partial charge on any atom is -0.373 e. The van der Waals surface area contributed by atoms with Crippen LogP contribution in [0.5, 0.6) is 0 Å². The van der Waals surface area contributed by atoms with Gasteiger partial charge in [0.1, 0.15) is 0 Å². The van der Waals surface area contributed by atoms with Gasteiger partial charge >= 0.3 is 0 Å². The number of carbonyl (C=O) groups is 1. The molecule has 3 heterocycles. The quantitative estimate of drug-likeness (QED) is 0.905. The highest BCUT2D eigenvalue weighted by molar-refractivity contribution is 5.93. The van der Waals surface area contributed by atoms with Gasteiger partial charge in [-0.2, -0.15) is 5.10 Å². The van der Waals surface area contributed by atoms with Gasteiger partial charge in [-0.05, 0) is 26.3 Å². The highest BCUT2D eigenvalue weighted by atomic mass is 16.5. The summed E-state index contributed by atoms with van der Waals surface area (Å²) in [5, 5.41) is 7.44. The Bertz CT molecular complexity index is 852. The third-order valence-electron chi connectivity index (χ3n) is 4.94. The Morgan fingerprint density at radius 1 is 1.36 bits per heavy atom. The van der Waals surface area contributed by atoms with Crippen LogP contribution >= 0.6 is 0 Å². The normalized spacial score (nSPS) is 20.0. The zero-order valence-electron chi connectivity index (χ0n) is 15.1. The monoisotopic (exact) mass is 344 g/mol. The summed E-state index contributed by atoms with van der Waals surface area (Å²) in [5.74, 6) is 0.0268. The fourth-order valence-corrected chi connectivity index (χ4v) is 3.42. The predicted octanol–water partition coefficient (Wildman–Crippen LogP) is 1.24. The van der Waals surface area contributed by atoms with Crippen LogP contribution in [0.1, 0.15) is 39.8 Å². The fraction of sp³-hybridized carbons (Fsp3) is 0.500. The summed E-state index contributed by atoms with van der Waals surface area (Å²) >= 11 is 0. The topological polar surface area (TPSA) is 78.2 Å². The number of aryl methyl sites for hydroxylation is 3. The second-order valence-electron chi connectivity index (χ2n) is 6.63. The Balaban J connectivity index is 1.70. The van der Waals surface area contributed by atoms with E-state index in [1.54, 1.807) is 19.3 Å². The summed E-state index contributed by atoms with van der Waals surface area (Å²) in [6.07, 6.45) is 2.40. The number of rotatable bonds is 4. The van der Waals surface area contributed by atoms with Crippen LogP contribution in [0.4, 0.5) is 0 Å². The molecule has 1 N–H and O–H groups in total. The molecule has 0 aliphatic carbocycles. The molecule has 2 aromatic rings. The van der Waals surface area contributed by atoms with E-state index in [0.717, 1.165) is 23.4 Å². The van der Waals surface area contributed by atoms with E-state index in [1.807, 2.05) is 25.6 Å². The summed E-state index contributed by atoms with van der Waals surface area (Å²) in [6.45, 7) is 5.24. The molecule has 2 aromatic heterocycles. The van der Waals surface area contributed by atoms with Crippen LogP contribution in [0.3, 0.4) is 0 Å². The van der Waals surface area contributed by atoms with Crippen LogP contribution in [-0.2, 0) is 18.8 Å². The van der Waals surface area contributed by atoms with Crippen molar-refractivity contribution in [2.24, 2.45) is 20.0 Å². The van der Waals surface area contributed by atoms with Gasteiger partial charge < -0.3 is 14.6 Å². The van der Waals surface area contributed by atoms with E-state index in [9.17, 15) is 9.59 Å². The molecule has 0 unspecified atom stereocenters. The van der Waals surface area contributed by atoms with Crippen molar-refractivity contribution >= 4 is 5.91 Å². The third-order valence-corrected chi connectivity index (χ3v) is 4.94. The lowest BCUT2D eigenvalue weighted by Gasteiger charge is -2.20. The molecule has 7 nitrogen and oxygen atoms in total. The van der Waals surface area contributed by atoms with Crippen molar-refractivity contribution in [2.75, 3.05) is 13.2 Å². The first kappa shape index (κ1) is 17.4. The Morgan fingerprint density at radius 3 is 2.76 bits per heavy atom. The number of nitrogens with one attached hydrogen (secondary N) is 1. The van der Waals surface area contributed by atoms with Crippen LogP contribution in [0, 0.1) is 19.8 Å². The number of hydrogen-bond acceptors (Lipinski definition) is 4. The van der Waals surface area contributed by atoms with E-state index in [4.69, 9.17) is 4.74 Å². The summed E-state index contributed by atoms with van der Waals surface area (Å²) < 4.78 is 9.22. The second-order valence-corrected chi connectivity index (χ2v) is 6.63. The minimum absolute atomic E-state index is 0.0471. The molecule has 1 aliphatic heterocycles. The maximum absolute atomic E-state index is 12.4. The van der Waals surface area contributed by atoms with Gasteiger partial charge in [-0.25, -0.2) is 0 Å². The Morgan fingerprint density at radius 2 is 2.12 bits per heavy atom. The van der Waals surface area contributed by atoms with Crippen molar-refractivity contribution < 1.29 is 9.53 Å². The lowest BCUT2D eigenvalue weighted by atomic mass is 9.94. The molecule has 2 atom stereocenters. The van der Waals surface area contributed by atoms with E-state index >= 15 is 0 Å². The molecule has 1 amide bonds. The molecule has 1 aliphatic rings. The van der Waals surface area contributed by atoms with Gasteiger partial charge in [-0.3, -0.25) is 14.3 Å². The first-order chi connectivity index (χ1) is 11.9. The molecule has 134 valence electrons. The molecular formula is C18H24N4O3. The van der Waals surface area contributed by atoms with Gasteiger partial charge in [0.15, 0.2) is 0 Å². The third kappa shape index (κ3) is 3.37. The molecule has 3 rings (SSSR count). The SMILES string of the molecule is Cc1nn(C)c(C)c1[C@H]1OCC[C@@H]1CNC(=O)c1ccc(=O)n(C)c1. The second kappa shape index (κ2) is 6.84. The van der Waals surface area contributed by atoms with Gasteiger partial charge in [-0.15, -0.1) is 0 Å². The summed E-state index contributed by atoms with van der Waals surface area (Å²) in [7, 11) is 3.56. The molecule has 7 heteroatoms. The largest absolute Gasteiger partial charge is 0.373 e. The van der Waals surface area contributed by atoms with E-state index in [1.165, 1.54) is 10.6 Å². The lowest BCUT2D eigenvalue weighted by molar-refractivity contribution is 0.0839. The van der Waals surface area contributed by atoms with Crippen LogP contribution in [0.25, 0.3) is 0 Å². The highest BCUT2D eigenvalue weighted by Gasteiger charge is 2.33. The lowest BCUT2D eigenvalue weighted by Crippen LogP contribution is -2.31. The van der Waals surface area contributed by atoms with Crippen LogP contribution in [-0.4, -0.2) is 33.4 Å². The molecule has 0 spiro atoms. The summed E-state index contributed by atoms with van der Waals surface area (Å²) in [5.41, 5.74) is 3.54. The van der Waals surface area contributed by atoms with Gasteiger partial charge in [0.25, 0.3) is 5.91 Å². The van der Waals surface area contributed by atoms with Crippen molar-refractivity contribution in [1.82, 2.24) is 19.7 Å². The number of ether oxygens (including phenoxy) is 1. The molecular weight excluding hydrogens is 320 g/mol. The van der Waals surface area contributed by atoms with Crippen LogP contribution in [0.2, 0.25) is 0 Å². The van der Waals surface area contributed by atoms with Crippen LogP contribution < -0.4 is 10.9 Å². The van der Waals surface area contributed by atoms with Crippen molar-refractivity contribution in [2.45, 2.75) is 26.4 Å². The average Bonchev–Trinajstić information content (AvgIpc) is 3.12. The van der Waals surface area contributed by atoms with Gasteiger partial charge in [-0.1, -0.05) is 0 Å². The Hall–Kier alpha value is -2.41. The van der Waals surface area contributed by atoms with Crippen molar-refractivity contribution in [3.63, 3.8) is 0 Å². The molecule has 0 bridgehead atoms. The maximum Gasteiger partial charge on any atom is 0.252 e. The zero-order chi connectivity index (χ0) is 18.1. The van der Waals surface area contributed by atoms with E-state index in [-0.39, 0.29) is 23.5 Å². The summed E-state index contributed by atoms with van der Waals surface area (Å²) in [4.78, 5) is 23.8. The molecule has 1 saturated heterocycles. The Kier molecular flexibility index (Phi) is 4.76. The summed E-state index contributed by atoms with van der Waals surface area (Å²) in [6, 6.07) is 2.95. The first-order valence-corrected chi connectivity index (χ1v) is 8.45. The predicted molar refractivity (Wildman–Crippen MR) is 93.5 cm³/mol. The van der Waals surface area contributed by atoms with E-state index in [2.05, 4.69) is 10.4 Å². The smallest absolute Gasteiger partial charge is 0.252 e. The molecule has 0 saturated carbocycles. The molecule has 0 radical (unpaired) electrons. The molecule has 1 fully saturated rings. The molecule has 0 aromatic carbocycles. The number of hydrogen-bond donors (Lipinski definition) is 1. The number of nitrogens with zero attached hydrogens (tertiary/aromatic N) is 3. The average molecular weight is 344 g/mol. The van der Waals surface area contributed by atoms with Gasteiger partial charge in [0.05, 0.1) is 17.4 Å². The number of amides is 1. The van der Waals surface area contributed by atoms with Crippen molar-refractivity contribution in [1.29, 1.82) is 0 Å². The number of aromatic nitrogens is 3. The van der Waals surface area contributed by atoms with Gasteiger partial charge in [0, 0.05) is 56.7 Å². The standard InChI is InChI=1S/C18H24N4O3/c1-11-16(12(2)22(4)20-11)17-13(7-8-25-17)9-19-18(24)14-5-6-15(23)21(3)10-14/h5-6,10,13,17H,7-9H2,1-4H3,(H,19,24)/t13-,17+/m1/s1. The van der Waals surface area contributed by atoms with Crippen molar-refractivity contribution in [3.8, 4) is 0 Å². The minimum atomic E-state index is -0.180. The van der Waals surface area contributed by atoms with Crippen LogP contribution in [0.15, 0.2) is 23.1 Å². The highest BCUT2D eigenvalue weighted by Crippen LogP contribution is 2.37. The van der Waals surface area contributed by atoms with E-state index < -0.39 is 0 Å². The maximum atomic E-state index is 12.4. The van der Waals surface area contributed by atoms with Crippen molar-refractivity contribution in [3.05, 3.63) is 51.2 Å². The molecule has 25 heavy (non-hydrogen) atoms.